The summed E-state index contributed by atoms with van der Waals surface area (Å²) < 4.78 is 1.45. The number of nitrogens with one attached hydrogen (secondary N) is 2. The Morgan fingerprint density at radius 3 is 2.53 bits per heavy atom. The summed E-state index contributed by atoms with van der Waals surface area (Å²) in [5, 5.41) is 3.02. The molecule has 0 unspecified atom stereocenters. The first-order valence-corrected chi connectivity index (χ1v) is 10.2. The predicted octanol–water partition coefficient (Wildman–Crippen LogP) is 2.69. The predicted molar refractivity (Wildman–Crippen MR) is 118 cm³/mol. The number of anilines is 2. The number of rotatable bonds is 6. The molecule has 30 heavy (non-hydrogen) atoms. The summed E-state index contributed by atoms with van der Waals surface area (Å²) in [7, 11) is 3.89. The topological polar surface area (TPSA) is 100 Å². The molecule has 8 heteroatoms. The van der Waals surface area contributed by atoms with E-state index in [4.69, 9.17) is 0 Å². The number of nitrogens with zero attached hydrogens (tertiary/aromatic N) is 3. The van der Waals surface area contributed by atoms with Crippen LogP contribution >= 0.6 is 0 Å². The van der Waals surface area contributed by atoms with Gasteiger partial charge in [0.1, 0.15) is 0 Å². The van der Waals surface area contributed by atoms with Gasteiger partial charge in [0.05, 0.1) is 10.9 Å². The third-order valence-electron chi connectivity index (χ3n) is 5.30. The lowest BCUT2D eigenvalue weighted by atomic mass is 10.1. The number of amides is 1. The van der Waals surface area contributed by atoms with Gasteiger partial charge in [-0.15, -0.1) is 0 Å². The number of benzene rings is 1. The van der Waals surface area contributed by atoms with E-state index in [0.717, 1.165) is 24.2 Å². The molecule has 1 aliphatic rings. The Morgan fingerprint density at radius 2 is 1.93 bits per heavy atom. The third kappa shape index (κ3) is 3.72. The van der Waals surface area contributed by atoms with Crippen molar-refractivity contribution in [2.75, 3.05) is 24.3 Å². The SMILES string of the molecule is CCCn1c(=O)[nH]c(=O)c2c(C(=O)Nc3ccc(N(C)C)cc3)cc(C3CC3)nc21. The van der Waals surface area contributed by atoms with E-state index in [1.807, 2.05) is 50.2 Å². The molecule has 0 radical (unpaired) electrons. The zero-order valence-corrected chi connectivity index (χ0v) is 17.4. The van der Waals surface area contributed by atoms with Crippen LogP contribution in [0.25, 0.3) is 11.0 Å². The van der Waals surface area contributed by atoms with Gasteiger partial charge in [-0.25, -0.2) is 9.78 Å². The van der Waals surface area contributed by atoms with Crippen LogP contribution in [0.4, 0.5) is 11.4 Å². The summed E-state index contributed by atoms with van der Waals surface area (Å²) in [6, 6.07) is 9.13. The van der Waals surface area contributed by atoms with Crippen molar-refractivity contribution in [1.29, 1.82) is 0 Å². The van der Waals surface area contributed by atoms with E-state index in [1.54, 1.807) is 6.07 Å². The fourth-order valence-electron chi connectivity index (χ4n) is 3.53. The van der Waals surface area contributed by atoms with Crippen LogP contribution < -0.4 is 21.5 Å². The zero-order valence-electron chi connectivity index (χ0n) is 17.4. The molecule has 0 bridgehead atoms. The maximum Gasteiger partial charge on any atom is 0.329 e. The molecule has 4 rings (SSSR count). The minimum Gasteiger partial charge on any atom is -0.378 e. The lowest BCUT2D eigenvalue weighted by molar-refractivity contribution is 0.102. The van der Waals surface area contributed by atoms with E-state index in [2.05, 4.69) is 15.3 Å². The van der Waals surface area contributed by atoms with Crippen LogP contribution in [-0.4, -0.2) is 34.5 Å². The molecule has 2 N–H and O–H groups in total. The summed E-state index contributed by atoms with van der Waals surface area (Å²) in [5.74, 6) is -0.126. The van der Waals surface area contributed by atoms with Crippen molar-refractivity contribution in [2.45, 2.75) is 38.6 Å². The molecule has 0 aliphatic heterocycles. The number of carbonyl (C=O) groups excluding carboxylic acids is 1. The molecule has 1 saturated carbocycles. The molecule has 1 amide bonds. The molecule has 8 nitrogen and oxygen atoms in total. The van der Waals surface area contributed by atoms with E-state index in [9.17, 15) is 14.4 Å². The Kier molecular flexibility index (Phi) is 5.15. The Labute approximate surface area is 173 Å². The fraction of sp³-hybridized carbons (Fsp3) is 0.364. The molecule has 156 valence electrons. The van der Waals surface area contributed by atoms with E-state index in [1.165, 1.54) is 4.57 Å². The highest BCUT2D eigenvalue weighted by atomic mass is 16.2. The van der Waals surface area contributed by atoms with Crippen molar-refractivity contribution in [2.24, 2.45) is 0 Å². The maximum absolute atomic E-state index is 13.2. The summed E-state index contributed by atoms with van der Waals surface area (Å²) in [6.45, 7) is 2.36. The molecule has 3 aromatic rings. The quantitative estimate of drug-likeness (QED) is 0.654. The van der Waals surface area contributed by atoms with Gasteiger partial charge in [-0.1, -0.05) is 6.92 Å². The van der Waals surface area contributed by atoms with Gasteiger partial charge in [-0.2, -0.15) is 0 Å². The number of hydrogen-bond acceptors (Lipinski definition) is 5. The molecule has 1 fully saturated rings. The van der Waals surface area contributed by atoms with Crippen molar-refractivity contribution in [3.8, 4) is 0 Å². The highest BCUT2D eigenvalue weighted by molar-refractivity contribution is 6.11. The highest BCUT2D eigenvalue weighted by Crippen LogP contribution is 2.40. The van der Waals surface area contributed by atoms with Crippen LogP contribution in [0.3, 0.4) is 0 Å². The maximum atomic E-state index is 13.2. The van der Waals surface area contributed by atoms with Crippen molar-refractivity contribution >= 4 is 28.3 Å². The number of carbonyl (C=O) groups is 1. The van der Waals surface area contributed by atoms with Crippen molar-refractivity contribution < 1.29 is 4.79 Å². The van der Waals surface area contributed by atoms with Crippen LogP contribution in [0.1, 0.15) is 48.2 Å². The molecule has 0 spiro atoms. The Bertz CT molecular complexity index is 1220. The lowest BCUT2D eigenvalue weighted by Gasteiger charge is -2.14. The van der Waals surface area contributed by atoms with Gasteiger partial charge in [0, 0.05) is 43.6 Å². The molecule has 1 aliphatic carbocycles. The number of fused-ring (bicyclic) bond motifs is 1. The Morgan fingerprint density at radius 1 is 1.23 bits per heavy atom. The minimum absolute atomic E-state index is 0.148. The average molecular weight is 407 g/mol. The second-order valence-electron chi connectivity index (χ2n) is 7.87. The summed E-state index contributed by atoms with van der Waals surface area (Å²) in [4.78, 5) is 47.1. The summed E-state index contributed by atoms with van der Waals surface area (Å²) in [6.07, 6.45) is 2.69. The van der Waals surface area contributed by atoms with Crippen LogP contribution in [0, 0.1) is 0 Å². The van der Waals surface area contributed by atoms with Crippen LogP contribution in [0.5, 0.6) is 0 Å². The van der Waals surface area contributed by atoms with E-state index in [-0.39, 0.29) is 22.5 Å². The third-order valence-corrected chi connectivity index (χ3v) is 5.30. The second kappa shape index (κ2) is 7.78. The summed E-state index contributed by atoms with van der Waals surface area (Å²) >= 11 is 0. The first-order chi connectivity index (χ1) is 14.4. The number of hydrogen-bond donors (Lipinski definition) is 2. The first-order valence-electron chi connectivity index (χ1n) is 10.2. The monoisotopic (exact) mass is 407 g/mol. The smallest absolute Gasteiger partial charge is 0.329 e. The Balaban J connectivity index is 1.82. The molecule has 1 aromatic carbocycles. The normalized spacial score (nSPS) is 13.4. The first kappa shape index (κ1) is 19.9. The molecule has 0 atom stereocenters. The fourth-order valence-corrected chi connectivity index (χ4v) is 3.53. The second-order valence-corrected chi connectivity index (χ2v) is 7.87. The van der Waals surface area contributed by atoms with Gasteiger partial charge in [-0.05, 0) is 49.6 Å². The van der Waals surface area contributed by atoms with Crippen molar-refractivity contribution in [3.63, 3.8) is 0 Å². The molecule has 0 saturated heterocycles. The standard InChI is InChI=1S/C22H25N5O3/c1-4-11-27-19-18(21(29)25-22(27)30)16(12-17(24-19)13-5-6-13)20(28)23-14-7-9-15(10-8-14)26(2)3/h7-10,12-13H,4-6,11H2,1-3H3,(H,23,28)(H,25,29,30). The van der Waals surface area contributed by atoms with Crippen molar-refractivity contribution in [1.82, 2.24) is 14.5 Å². The van der Waals surface area contributed by atoms with Gasteiger partial charge in [0.25, 0.3) is 11.5 Å². The number of aromatic nitrogens is 3. The highest BCUT2D eigenvalue weighted by Gasteiger charge is 2.28. The van der Waals surface area contributed by atoms with E-state index >= 15 is 0 Å². The minimum atomic E-state index is -0.592. The number of H-pyrrole nitrogens is 1. The van der Waals surface area contributed by atoms with E-state index < -0.39 is 17.2 Å². The molecule has 2 aromatic heterocycles. The van der Waals surface area contributed by atoms with Crippen LogP contribution in [0.15, 0.2) is 39.9 Å². The largest absolute Gasteiger partial charge is 0.378 e. The van der Waals surface area contributed by atoms with Crippen LogP contribution in [-0.2, 0) is 6.54 Å². The molecular weight excluding hydrogens is 382 g/mol. The molecular formula is C22H25N5O3. The zero-order chi connectivity index (χ0) is 21.4. The van der Waals surface area contributed by atoms with Gasteiger partial charge in [-0.3, -0.25) is 19.1 Å². The van der Waals surface area contributed by atoms with Crippen molar-refractivity contribution in [3.05, 3.63) is 62.4 Å². The van der Waals surface area contributed by atoms with Gasteiger partial charge in [0.15, 0.2) is 5.65 Å². The van der Waals surface area contributed by atoms with Crippen LogP contribution in [0.2, 0.25) is 0 Å². The van der Waals surface area contributed by atoms with Gasteiger partial charge in [0.2, 0.25) is 0 Å². The van der Waals surface area contributed by atoms with Gasteiger partial charge >= 0.3 is 5.69 Å². The molecule has 2 heterocycles. The summed E-state index contributed by atoms with van der Waals surface area (Å²) in [5.41, 5.74) is 1.82. The number of aromatic amines is 1. The number of aryl methyl sites for hydroxylation is 1. The lowest BCUT2D eigenvalue weighted by Crippen LogP contribution is -2.32. The average Bonchev–Trinajstić information content (AvgIpc) is 3.56. The van der Waals surface area contributed by atoms with Gasteiger partial charge < -0.3 is 10.2 Å². The number of pyridine rings is 1. The Hall–Kier alpha value is -3.42. The van der Waals surface area contributed by atoms with E-state index in [0.29, 0.717) is 18.7 Å².